The van der Waals surface area contributed by atoms with Gasteiger partial charge in [0, 0.05) is 10.9 Å². The van der Waals surface area contributed by atoms with Crippen LogP contribution < -0.4 is 4.72 Å². The van der Waals surface area contributed by atoms with Gasteiger partial charge in [-0.05, 0) is 35.0 Å². The molecule has 106 valence electrons. The van der Waals surface area contributed by atoms with Crippen LogP contribution in [0, 0.1) is 17.0 Å². The highest BCUT2D eigenvalue weighted by Gasteiger charge is 2.23. The second kappa shape index (κ2) is 5.51. The molecule has 20 heavy (non-hydrogen) atoms. The van der Waals surface area contributed by atoms with Gasteiger partial charge >= 0.3 is 0 Å². The highest BCUT2D eigenvalue weighted by atomic mass is 79.9. The molecule has 1 N–H and O–H groups in total. The molecule has 0 amide bonds. The van der Waals surface area contributed by atoms with E-state index >= 15 is 0 Å². The van der Waals surface area contributed by atoms with Gasteiger partial charge in [0.15, 0.2) is 0 Å². The first-order valence-electron chi connectivity index (χ1n) is 5.33. The van der Waals surface area contributed by atoms with Gasteiger partial charge < -0.3 is 0 Å². The molecular formula is C11H9BrN2O4S2. The Kier molecular flexibility index (Phi) is 4.11. The fourth-order valence-corrected chi connectivity index (χ4v) is 5.11. The maximum atomic E-state index is 12.3. The van der Waals surface area contributed by atoms with Gasteiger partial charge in [0.2, 0.25) is 0 Å². The van der Waals surface area contributed by atoms with E-state index in [4.69, 9.17) is 0 Å². The molecule has 0 atom stereocenters. The number of nitro benzene ring substituents is 1. The molecule has 0 aliphatic carbocycles. The summed E-state index contributed by atoms with van der Waals surface area (Å²) in [6.45, 7) is 1.67. The molecule has 0 aliphatic rings. The summed E-state index contributed by atoms with van der Waals surface area (Å²) < 4.78 is 27.5. The molecule has 2 aromatic rings. The highest BCUT2D eigenvalue weighted by Crippen LogP contribution is 2.32. The smallest absolute Gasteiger partial charge is 0.273 e. The second-order valence-electron chi connectivity index (χ2n) is 3.85. The zero-order chi connectivity index (χ0) is 14.9. The number of sulfonamides is 1. The number of thiophene rings is 1. The number of aryl methyl sites for hydroxylation is 1. The van der Waals surface area contributed by atoms with Crippen LogP contribution >= 0.6 is 27.3 Å². The number of para-hydroxylation sites is 2. The maximum Gasteiger partial charge on any atom is 0.293 e. The summed E-state index contributed by atoms with van der Waals surface area (Å²) in [4.78, 5) is 11.0. The van der Waals surface area contributed by atoms with Crippen LogP contribution in [0.5, 0.6) is 0 Å². The zero-order valence-corrected chi connectivity index (χ0v) is 13.4. The highest BCUT2D eigenvalue weighted by molar-refractivity contribution is 9.11. The SMILES string of the molecule is Cc1sc(Br)cc1S(=O)(=O)Nc1ccccc1[N+](=O)[O-]. The standard InChI is InChI=1S/C11H9BrN2O4S2/c1-7-10(6-11(12)19-7)20(17,18)13-8-4-2-3-5-9(8)14(15)16/h2-6,13H,1H3. The predicted molar refractivity (Wildman–Crippen MR) is 80.7 cm³/mol. The van der Waals surface area contributed by atoms with Crippen LogP contribution in [0.2, 0.25) is 0 Å². The van der Waals surface area contributed by atoms with Crippen LogP contribution in [-0.2, 0) is 10.0 Å². The minimum absolute atomic E-state index is 0.0563. The van der Waals surface area contributed by atoms with Crippen molar-refractivity contribution < 1.29 is 13.3 Å². The van der Waals surface area contributed by atoms with Gasteiger partial charge in [-0.25, -0.2) is 8.42 Å². The van der Waals surface area contributed by atoms with Crippen molar-refractivity contribution in [1.29, 1.82) is 0 Å². The van der Waals surface area contributed by atoms with Gasteiger partial charge in [0.05, 0.1) is 8.71 Å². The minimum atomic E-state index is -3.85. The third-order valence-corrected chi connectivity index (χ3v) is 5.65. The minimum Gasteiger partial charge on any atom is -0.273 e. The third kappa shape index (κ3) is 3.00. The van der Waals surface area contributed by atoms with Crippen LogP contribution in [-0.4, -0.2) is 13.3 Å². The Labute approximate surface area is 127 Å². The van der Waals surface area contributed by atoms with Crippen molar-refractivity contribution >= 4 is 48.7 Å². The number of anilines is 1. The van der Waals surface area contributed by atoms with E-state index in [0.717, 1.165) is 0 Å². The summed E-state index contributed by atoms with van der Waals surface area (Å²) >= 11 is 4.50. The lowest BCUT2D eigenvalue weighted by Crippen LogP contribution is -2.14. The van der Waals surface area contributed by atoms with Crippen molar-refractivity contribution in [1.82, 2.24) is 0 Å². The molecule has 1 aromatic heterocycles. The molecule has 0 saturated heterocycles. The zero-order valence-electron chi connectivity index (χ0n) is 10.2. The van der Waals surface area contributed by atoms with Gasteiger partial charge in [-0.3, -0.25) is 14.8 Å². The number of halogens is 1. The first-order valence-corrected chi connectivity index (χ1v) is 8.42. The van der Waals surface area contributed by atoms with Crippen LogP contribution in [0.4, 0.5) is 11.4 Å². The molecule has 6 nitrogen and oxygen atoms in total. The van der Waals surface area contributed by atoms with Crippen molar-refractivity contribution in [3.8, 4) is 0 Å². The van der Waals surface area contributed by atoms with Gasteiger partial charge in [-0.15, -0.1) is 11.3 Å². The summed E-state index contributed by atoms with van der Waals surface area (Å²) in [6, 6.07) is 7.07. The molecule has 2 rings (SSSR count). The van der Waals surface area contributed by atoms with Crippen LogP contribution in [0.15, 0.2) is 39.0 Å². The van der Waals surface area contributed by atoms with E-state index < -0.39 is 14.9 Å². The Morgan fingerprint density at radius 3 is 2.55 bits per heavy atom. The number of nitro groups is 1. The lowest BCUT2D eigenvalue weighted by atomic mass is 10.3. The number of benzene rings is 1. The average Bonchev–Trinajstić information content (AvgIpc) is 2.69. The van der Waals surface area contributed by atoms with E-state index in [1.54, 1.807) is 6.92 Å². The molecule has 0 bridgehead atoms. The topological polar surface area (TPSA) is 89.3 Å². The summed E-state index contributed by atoms with van der Waals surface area (Å²) in [5, 5.41) is 10.9. The fraction of sp³-hybridized carbons (Fsp3) is 0.0909. The van der Waals surface area contributed by atoms with Crippen molar-refractivity contribution in [3.05, 3.63) is 49.1 Å². The van der Waals surface area contributed by atoms with E-state index in [1.807, 2.05) is 0 Å². The molecule has 0 radical (unpaired) electrons. The Hall–Kier alpha value is -1.45. The lowest BCUT2D eigenvalue weighted by molar-refractivity contribution is -0.383. The van der Waals surface area contributed by atoms with E-state index in [1.165, 1.54) is 41.7 Å². The Morgan fingerprint density at radius 1 is 1.35 bits per heavy atom. The molecule has 0 aliphatic heterocycles. The molecular weight excluding hydrogens is 368 g/mol. The monoisotopic (exact) mass is 376 g/mol. The van der Waals surface area contributed by atoms with Crippen molar-refractivity contribution in [2.24, 2.45) is 0 Å². The summed E-state index contributed by atoms with van der Waals surface area (Å²) in [5.41, 5.74) is -0.345. The van der Waals surface area contributed by atoms with Crippen molar-refractivity contribution in [2.75, 3.05) is 4.72 Å². The quantitative estimate of drug-likeness (QED) is 0.652. The van der Waals surface area contributed by atoms with E-state index in [2.05, 4.69) is 20.7 Å². The van der Waals surface area contributed by atoms with Gasteiger partial charge in [0.1, 0.15) is 10.6 Å². The largest absolute Gasteiger partial charge is 0.293 e. The Balaban J connectivity index is 2.44. The third-order valence-electron chi connectivity index (χ3n) is 2.48. The van der Waals surface area contributed by atoms with Crippen molar-refractivity contribution in [2.45, 2.75) is 11.8 Å². The number of nitrogens with one attached hydrogen (secondary N) is 1. The van der Waals surface area contributed by atoms with Crippen molar-refractivity contribution in [3.63, 3.8) is 0 Å². The first kappa shape index (κ1) is 14.9. The maximum absolute atomic E-state index is 12.3. The van der Waals surface area contributed by atoms with E-state index in [9.17, 15) is 18.5 Å². The number of hydrogen-bond donors (Lipinski definition) is 1. The lowest BCUT2D eigenvalue weighted by Gasteiger charge is -2.07. The Bertz CT molecular complexity index is 770. The van der Waals surface area contributed by atoms with Gasteiger partial charge in [0.25, 0.3) is 15.7 Å². The fourth-order valence-electron chi connectivity index (χ4n) is 1.62. The second-order valence-corrected chi connectivity index (χ2v) is 8.14. The van der Waals surface area contributed by atoms with Gasteiger partial charge in [-0.2, -0.15) is 0 Å². The number of rotatable bonds is 4. The summed E-state index contributed by atoms with van der Waals surface area (Å²) in [6.07, 6.45) is 0. The van der Waals surface area contributed by atoms with E-state index in [-0.39, 0.29) is 16.3 Å². The Morgan fingerprint density at radius 2 is 2.00 bits per heavy atom. The molecule has 0 unspecified atom stereocenters. The van der Waals surface area contributed by atoms with Crippen LogP contribution in [0.3, 0.4) is 0 Å². The van der Waals surface area contributed by atoms with E-state index in [0.29, 0.717) is 8.66 Å². The number of hydrogen-bond acceptors (Lipinski definition) is 5. The molecule has 0 fully saturated rings. The van der Waals surface area contributed by atoms with Crippen LogP contribution in [0.25, 0.3) is 0 Å². The number of nitrogens with zero attached hydrogens (tertiary/aromatic N) is 1. The van der Waals surface area contributed by atoms with Gasteiger partial charge in [-0.1, -0.05) is 12.1 Å². The molecule has 0 saturated carbocycles. The molecule has 1 aromatic carbocycles. The first-order chi connectivity index (χ1) is 9.31. The normalized spacial score (nSPS) is 11.3. The molecule has 0 spiro atoms. The molecule has 1 heterocycles. The predicted octanol–water partition coefficient (Wildman–Crippen LogP) is 3.53. The molecule has 9 heteroatoms. The summed E-state index contributed by atoms with van der Waals surface area (Å²) in [5.74, 6) is 0. The van der Waals surface area contributed by atoms with Crippen LogP contribution in [0.1, 0.15) is 4.88 Å². The average molecular weight is 377 g/mol. The summed E-state index contributed by atoms with van der Waals surface area (Å²) in [7, 11) is -3.85.